The number of hydrazone groups is 1. The van der Waals surface area contributed by atoms with E-state index >= 15 is 0 Å². The highest BCUT2D eigenvalue weighted by Gasteiger charge is 2.08. The predicted octanol–water partition coefficient (Wildman–Crippen LogP) is 4.45. The number of fused-ring (bicyclic) bond motifs is 1. The molecule has 1 heterocycles. The number of hydrogen-bond donors (Lipinski definition) is 2. The average Bonchev–Trinajstić information content (AvgIpc) is 2.95. The minimum Gasteiger partial charge on any atom is -0.504 e. The number of nitrogens with zero attached hydrogens (tertiary/aromatic N) is 2. The third-order valence-corrected chi connectivity index (χ3v) is 4.78. The summed E-state index contributed by atoms with van der Waals surface area (Å²) < 4.78 is 7.25. The second-order valence-electron chi connectivity index (χ2n) is 4.64. The molecule has 0 unspecified atom stereocenters. The molecule has 0 saturated heterocycles. The second-order valence-corrected chi connectivity index (χ2v) is 6.83. The predicted molar refractivity (Wildman–Crippen MR) is 103 cm³/mol. The van der Waals surface area contributed by atoms with Crippen LogP contribution in [0.2, 0.25) is 0 Å². The maximum absolute atomic E-state index is 9.94. The SMILES string of the molecule is CCOc1cc(/C=N\Nc2nc3ccccc3s2)cc(I)c1O. The van der Waals surface area contributed by atoms with Crippen molar-refractivity contribution in [3.8, 4) is 11.5 Å². The molecule has 0 aliphatic carbocycles. The molecular weight excluding hydrogens is 425 g/mol. The van der Waals surface area contributed by atoms with Gasteiger partial charge in [0.2, 0.25) is 5.13 Å². The first-order chi connectivity index (χ1) is 11.2. The molecule has 0 aliphatic heterocycles. The number of nitrogens with one attached hydrogen (secondary N) is 1. The van der Waals surface area contributed by atoms with Gasteiger partial charge in [-0.15, -0.1) is 0 Å². The number of anilines is 1. The van der Waals surface area contributed by atoms with E-state index in [9.17, 15) is 5.11 Å². The monoisotopic (exact) mass is 439 g/mol. The Labute approximate surface area is 151 Å². The fourth-order valence-corrected chi connectivity index (χ4v) is 3.46. The number of thiazole rings is 1. The fourth-order valence-electron chi connectivity index (χ4n) is 2.02. The van der Waals surface area contributed by atoms with Crippen molar-refractivity contribution in [1.29, 1.82) is 0 Å². The van der Waals surface area contributed by atoms with Gasteiger partial charge in [-0.05, 0) is 59.3 Å². The van der Waals surface area contributed by atoms with Gasteiger partial charge in [0.1, 0.15) is 0 Å². The standard InChI is InChI=1S/C16H14IN3O2S/c1-2-22-13-8-10(7-11(17)15(13)21)9-18-20-16-19-12-5-3-4-6-14(12)23-16/h3-9,21H,2H2,1H3,(H,19,20)/b18-9-. The van der Waals surface area contributed by atoms with E-state index < -0.39 is 0 Å². The topological polar surface area (TPSA) is 66.7 Å². The van der Waals surface area contributed by atoms with E-state index in [0.29, 0.717) is 12.4 Å². The highest BCUT2D eigenvalue weighted by molar-refractivity contribution is 14.1. The number of halogens is 1. The maximum Gasteiger partial charge on any atom is 0.204 e. The molecule has 2 N–H and O–H groups in total. The van der Waals surface area contributed by atoms with E-state index in [0.717, 1.165) is 24.5 Å². The van der Waals surface area contributed by atoms with Crippen molar-refractivity contribution in [3.63, 3.8) is 0 Å². The normalized spacial score (nSPS) is 11.2. The summed E-state index contributed by atoms with van der Waals surface area (Å²) >= 11 is 3.61. The Morgan fingerprint density at radius 3 is 3.00 bits per heavy atom. The van der Waals surface area contributed by atoms with E-state index in [1.54, 1.807) is 23.6 Å². The van der Waals surface area contributed by atoms with Crippen LogP contribution in [0.5, 0.6) is 11.5 Å². The molecule has 0 fully saturated rings. The Hall–Kier alpha value is -1.87. The van der Waals surface area contributed by atoms with Gasteiger partial charge in [-0.2, -0.15) is 5.10 Å². The summed E-state index contributed by atoms with van der Waals surface area (Å²) in [6.07, 6.45) is 1.68. The number of rotatable bonds is 5. The number of ether oxygens (including phenoxy) is 1. The molecule has 0 amide bonds. The number of phenolic OH excluding ortho intramolecular Hbond substituents is 1. The third-order valence-electron chi connectivity index (χ3n) is 3.02. The minimum atomic E-state index is 0.156. The molecule has 0 radical (unpaired) electrons. The van der Waals surface area contributed by atoms with Gasteiger partial charge in [-0.1, -0.05) is 23.5 Å². The number of aromatic hydroxyl groups is 1. The second kappa shape index (κ2) is 7.14. The van der Waals surface area contributed by atoms with E-state index in [1.807, 2.05) is 37.3 Å². The Balaban J connectivity index is 1.77. The quantitative estimate of drug-likeness (QED) is 0.350. The van der Waals surface area contributed by atoms with E-state index in [1.165, 1.54) is 0 Å². The van der Waals surface area contributed by atoms with Crippen molar-refractivity contribution in [1.82, 2.24) is 4.98 Å². The van der Waals surface area contributed by atoms with Crippen LogP contribution in [-0.2, 0) is 0 Å². The van der Waals surface area contributed by atoms with Crippen molar-refractivity contribution in [2.24, 2.45) is 5.10 Å². The smallest absolute Gasteiger partial charge is 0.204 e. The summed E-state index contributed by atoms with van der Waals surface area (Å²) in [5.74, 6) is 0.615. The van der Waals surface area contributed by atoms with Gasteiger partial charge in [0.15, 0.2) is 11.5 Å². The van der Waals surface area contributed by atoms with Gasteiger partial charge in [0.25, 0.3) is 0 Å². The zero-order chi connectivity index (χ0) is 16.2. The van der Waals surface area contributed by atoms with E-state index in [2.05, 4.69) is 38.1 Å². The third kappa shape index (κ3) is 3.73. The lowest BCUT2D eigenvalue weighted by atomic mass is 10.2. The Kier molecular flexibility index (Phi) is 4.97. The van der Waals surface area contributed by atoms with Gasteiger partial charge in [-0.3, -0.25) is 5.43 Å². The van der Waals surface area contributed by atoms with Crippen LogP contribution in [0.1, 0.15) is 12.5 Å². The zero-order valence-corrected chi connectivity index (χ0v) is 15.3. The summed E-state index contributed by atoms with van der Waals surface area (Å²) in [6, 6.07) is 11.5. The van der Waals surface area contributed by atoms with Gasteiger partial charge >= 0.3 is 0 Å². The first kappa shape index (κ1) is 16.0. The molecule has 0 saturated carbocycles. The van der Waals surface area contributed by atoms with Crippen LogP contribution < -0.4 is 10.2 Å². The average molecular weight is 439 g/mol. The number of hydrogen-bond acceptors (Lipinski definition) is 6. The largest absolute Gasteiger partial charge is 0.504 e. The Morgan fingerprint density at radius 1 is 1.39 bits per heavy atom. The molecule has 7 heteroatoms. The molecule has 0 aliphatic rings. The molecule has 0 bridgehead atoms. The van der Waals surface area contributed by atoms with Crippen LogP contribution in [0.4, 0.5) is 5.13 Å². The Morgan fingerprint density at radius 2 is 2.22 bits per heavy atom. The molecule has 23 heavy (non-hydrogen) atoms. The summed E-state index contributed by atoms with van der Waals surface area (Å²) in [6.45, 7) is 2.37. The molecule has 0 atom stereocenters. The first-order valence-electron chi connectivity index (χ1n) is 6.97. The summed E-state index contributed by atoms with van der Waals surface area (Å²) in [4.78, 5) is 4.45. The van der Waals surface area contributed by atoms with Crippen LogP contribution in [0.3, 0.4) is 0 Å². The number of para-hydroxylation sites is 1. The van der Waals surface area contributed by atoms with Gasteiger partial charge in [-0.25, -0.2) is 4.98 Å². The van der Waals surface area contributed by atoms with Crippen LogP contribution in [0.15, 0.2) is 41.5 Å². The molecule has 3 aromatic rings. The lowest BCUT2D eigenvalue weighted by molar-refractivity contribution is 0.317. The molecule has 1 aromatic heterocycles. The Bertz CT molecular complexity index is 831. The number of benzene rings is 2. The number of aromatic nitrogens is 1. The molecular formula is C16H14IN3O2S. The van der Waals surface area contributed by atoms with E-state index in [4.69, 9.17) is 4.74 Å². The van der Waals surface area contributed by atoms with Crippen LogP contribution >= 0.6 is 33.9 Å². The van der Waals surface area contributed by atoms with Crippen LogP contribution in [0.25, 0.3) is 10.2 Å². The molecule has 5 nitrogen and oxygen atoms in total. The van der Waals surface area contributed by atoms with Crippen LogP contribution in [0, 0.1) is 3.57 Å². The number of phenols is 1. The van der Waals surface area contributed by atoms with Crippen molar-refractivity contribution >= 4 is 55.5 Å². The molecule has 3 rings (SSSR count). The molecule has 2 aromatic carbocycles. The van der Waals surface area contributed by atoms with Gasteiger partial charge < -0.3 is 9.84 Å². The molecule has 0 spiro atoms. The van der Waals surface area contributed by atoms with Gasteiger partial charge in [0.05, 0.1) is 26.6 Å². The lowest BCUT2D eigenvalue weighted by Gasteiger charge is -2.08. The highest BCUT2D eigenvalue weighted by atomic mass is 127. The minimum absolute atomic E-state index is 0.156. The maximum atomic E-state index is 9.94. The zero-order valence-electron chi connectivity index (χ0n) is 12.3. The lowest BCUT2D eigenvalue weighted by Crippen LogP contribution is -1.96. The highest BCUT2D eigenvalue weighted by Crippen LogP contribution is 2.32. The first-order valence-corrected chi connectivity index (χ1v) is 8.87. The van der Waals surface area contributed by atoms with Crippen molar-refractivity contribution in [2.75, 3.05) is 12.0 Å². The molecule has 118 valence electrons. The van der Waals surface area contributed by atoms with Crippen molar-refractivity contribution < 1.29 is 9.84 Å². The fraction of sp³-hybridized carbons (Fsp3) is 0.125. The van der Waals surface area contributed by atoms with Gasteiger partial charge in [0, 0.05) is 0 Å². The summed E-state index contributed by atoms with van der Waals surface area (Å²) in [5, 5.41) is 14.9. The van der Waals surface area contributed by atoms with Crippen LogP contribution in [-0.4, -0.2) is 22.9 Å². The van der Waals surface area contributed by atoms with E-state index in [-0.39, 0.29) is 5.75 Å². The van der Waals surface area contributed by atoms with Crippen molar-refractivity contribution in [2.45, 2.75) is 6.92 Å². The summed E-state index contributed by atoms with van der Waals surface area (Å²) in [7, 11) is 0. The van der Waals surface area contributed by atoms with Crippen molar-refractivity contribution in [3.05, 3.63) is 45.5 Å². The summed E-state index contributed by atoms with van der Waals surface area (Å²) in [5.41, 5.74) is 4.73.